The van der Waals surface area contributed by atoms with Gasteiger partial charge in [-0.25, -0.2) is 9.37 Å². The molecule has 1 atom stereocenters. The van der Waals surface area contributed by atoms with Crippen molar-refractivity contribution in [1.82, 2.24) is 30.7 Å². The number of nitrogens with one attached hydrogen (secondary N) is 3. The second kappa shape index (κ2) is 5.99. The number of aromatic amines is 2. The van der Waals surface area contributed by atoms with Gasteiger partial charge in [-0.15, -0.1) is 0 Å². The summed E-state index contributed by atoms with van der Waals surface area (Å²) in [6, 6.07) is 7.39. The normalized spacial score (nSPS) is 12.1. The molecule has 8 heteroatoms. The van der Waals surface area contributed by atoms with Gasteiger partial charge < -0.3 is 5.32 Å². The molecule has 1 amide bonds. The topological polar surface area (TPSA) is 99.3 Å². The van der Waals surface area contributed by atoms with Crippen LogP contribution in [0, 0.1) is 12.7 Å². The fraction of sp³-hybridized carbons (Fsp3) is 0.200. The summed E-state index contributed by atoms with van der Waals surface area (Å²) >= 11 is 0. The van der Waals surface area contributed by atoms with E-state index in [-0.39, 0.29) is 17.6 Å². The lowest BCUT2D eigenvalue weighted by molar-refractivity contribution is 0.0933. The highest BCUT2D eigenvalue weighted by atomic mass is 19.1. The van der Waals surface area contributed by atoms with E-state index in [4.69, 9.17) is 0 Å². The van der Waals surface area contributed by atoms with Crippen molar-refractivity contribution in [2.45, 2.75) is 19.9 Å². The lowest BCUT2D eigenvalue weighted by atomic mass is 10.1. The molecule has 0 fully saturated rings. The molecule has 1 unspecified atom stereocenters. The van der Waals surface area contributed by atoms with Crippen molar-refractivity contribution in [1.29, 1.82) is 0 Å². The van der Waals surface area contributed by atoms with E-state index < -0.39 is 5.82 Å². The van der Waals surface area contributed by atoms with Crippen LogP contribution in [-0.2, 0) is 0 Å². The van der Waals surface area contributed by atoms with E-state index in [0.717, 1.165) is 0 Å². The summed E-state index contributed by atoms with van der Waals surface area (Å²) in [7, 11) is 0. The van der Waals surface area contributed by atoms with Gasteiger partial charge in [0.25, 0.3) is 5.91 Å². The van der Waals surface area contributed by atoms with Gasteiger partial charge in [0.05, 0.1) is 11.7 Å². The van der Waals surface area contributed by atoms with Crippen molar-refractivity contribution in [2.24, 2.45) is 0 Å². The van der Waals surface area contributed by atoms with E-state index >= 15 is 0 Å². The van der Waals surface area contributed by atoms with Crippen LogP contribution < -0.4 is 5.32 Å². The van der Waals surface area contributed by atoms with E-state index in [0.29, 0.717) is 22.9 Å². The quantitative estimate of drug-likeness (QED) is 0.687. The molecular weight excluding hydrogens is 299 g/mol. The third kappa shape index (κ3) is 3.10. The number of carbonyl (C=O) groups excluding carboxylic acids is 1. The van der Waals surface area contributed by atoms with Gasteiger partial charge in [-0.2, -0.15) is 10.2 Å². The number of H-pyrrole nitrogens is 2. The van der Waals surface area contributed by atoms with Gasteiger partial charge in [0.15, 0.2) is 5.82 Å². The van der Waals surface area contributed by atoms with Crippen LogP contribution in [0.2, 0.25) is 0 Å². The molecule has 0 aliphatic heterocycles. The maximum atomic E-state index is 13.7. The average molecular weight is 314 g/mol. The maximum Gasteiger partial charge on any atom is 0.269 e. The zero-order chi connectivity index (χ0) is 16.4. The summed E-state index contributed by atoms with van der Waals surface area (Å²) in [5.74, 6) is 0.403. The van der Waals surface area contributed by atoms with Crippen LogP contribution in [0.25, 0.3) is 11.3 Å². The second-order valence-corrected chi connectivity index (χ2v) is 5.12. The minimum atomic E-state index is -0.393. The number of hydrogen-bond acceptors (Lipinski definition) is 4. The van der Waals surface area contributed by atoms with Gasteiger partial charge in [0.2, 0.25) is 0 Å². The predicted octanol–water partition coefficient (Wildman–Crippen LogP) is 2.13. The molecule has 0 saturated heterocycles. The minimum absolute atomic E-state index is 0.238. The third-order valence-corrected chi connectivity index (χ3v) is 3.32. The van der Waals surface area contributed by atoms with Gasteiger partial charge in [0.1, 0.15) is 17.3 Å². The van der Waals surface area contributed by atoms with Crippen LogP contribution in [0.5, 0.6) is 0 Å². The standard InChI is InChI=1S/C15H15FN6O/c1-8(14-18-9(2)19-22-14)17-15(23)13-7-12(20-21-13)10-5-3-4-6-11(10)16/h3-8H,1-2H3,(H,17,23)(H,20,21)(H,18,19,22). The molecule has 0 spiro atoms. The number of halogens is 1. The van der Waals surface area contributed by atoms with Gasteiger partial charge in [-0.3, -0.25) is 15.0 Å². The first-order valence-electron chi connectivity index (χ1n) is 7.04. The number of aromatic nitrogens is 5. The zero-order valence-corrected chi connectivity index (χ0v) is 12.6. The molecule has 3 rings (SSSR count). The van der Waals surface area contributed by atoms with Crippen molar-refractivity contribution in [3.05, 3.63) is 53.5 Å². The van der Waals surface area contributed by atoms with Crippen LogP contribution in [0.15, 0.2) is 30.3 Å². The summed E-state index contributed by atoms with van der Waals surface area (Å²) in [5.41, 5.74) is 0.942. The highest BCUT2D eigenvalue weighted by molar-refractivity contribution is 5.93. The Labute approximate surface area is 131 Å². The average Bonchev–Trinajstić information content (AvgIpc) is 3.16. The van der Waals surface area contributed by atoms with Crippen molar-refractivity contribution >= 4 is 5.91 Å². The van der Waals surface area contributed by atoms with Crippen LogP contribution in [-0.4, -0.2) is 31.3 Å². The second-order valence-electron chi connectivity index (χ2n) is 5.12. The van der Waals surface area contributed by atoms with E-state index in [2.05, 4.69) is 30.7 Å². The Morgan fingerprint density at radius 3 is 2.74 bits per heavy atom. The van der Waals surface area contributed by atoms with Crippen LogP contribution in [0.3, 0.4) is 0 Å². The number of hydrogen-bond donors (Lipinski definition) is 3. The molecule has 2 aromatic heterocycles. The van der Waals surface area contributed by atoms with E-state index in [1.807, 2.05) is 0 Å². The number of nitrogens with zero attached hydrogens (tertiary/aromatic N) is 3. The summed E-state index contributed by atoms with van der Waals surface area (Å²) < 4.78 is 13.7. The molecule has 2 heterocycles. The number of rotatable bonds is 4. The molecule has 3 N–H and O–H groups in total. The Kier molecular flexibility index (Phi) is 3.88. The van der Waals surface area contributed by atoms with Gasteiger partial charge in [-0.1, -0.05) is 12.1 Å². The van der Waals surface area contributed by atoms with Crippen LogP contribution in [0.4, 0.5) is 4.39 Å². The SMILES string of the molecule is Cc1nc(C(C)NC(=O)c2cc(-c3ccccc3F)n[nH]2)n[nH]1. The Morgan fingerprint density at radius 1 is 1.26 bits per heavy atom. The number of benzene rings is 1. The molecular formula is C15H15FN6O. The molecule has 7 nitrogen and oxygen atoms in total. The molecule has 0 aliphatic carbocycles. The predicted molar refractivity (Wildman–Crippen MR) is 81.0 cm³/mol. The van der Waals surface area contributed by atoms with Crippen molar-refractivity contribution in [3.8, 4) is 11.3 Å². The lowest BCUT2D eigenvalue weighted by Gasteiger charge is -2.08. The highest BCUT2D eigenvalue weighted by Gasteiger charge is 2.17. The maximum absolute atomic E-state index is 13.7. The van der Waals surface area contributed by atoms with E-state index in [1.54, 1.807) is 32.0 Å². The summed E-state index contributed by atoms with van der Waals surface area (Å²) in [6.07, 6.45) is 0. The molecule has 1 aromatic carbocycles. The van der Waals surface area contributed by atoms with Crippen molar-refractivity contribution < 1.29 is 9.18 Å². The molecule has 0 saturated carbocycles. The molecule has 0 bridgehead atoms. The fourth-order valence-corrected chi connectivity index (χ4v) is 2.14. The summed E-state index contributed by atoms with van der Waals surface area (Å²) in [5, 5.41) is 16.1. The lowest BCUT2D eigenvalue weighted by Crippen LogP contribution is -2.27. The molecule has 0 radical (unpaired) electrons. The molecule has 0 aliphatic rings. The number of amides is 1. The first-order valence-corrected chi connectivity index (χ1v) is 7.04. The van der Waals surface area contributed by atoms with Gasteiger partial charge in [0, 0.05) is 5.56 Å². The Hall–Kier alpha value is -3.03. The zero-order valence-electron chi connectivity index (χ0n) is 12.6. The van der Waals surface area contributed by atoms with Crippen molar-refractivity contribution in [2.75, 3.05) is 0 Å². The summed E-state index contributed by atoms with van der Waals surface area (Å²) in [6.45, 7) is 3.55. The Balaban J connectivity index is 1.75. The number of carbonyl (C=O) groups is 1. The molecule has 3 aromatic rings. The summed E-state index contributed by atoms with van der Waals surface area (Å²) in [4.78, 5) is 16.4. The molecule has 118 valence electrons. The fourth-order valence-electron chi connectivity index (χ4n) is 2.14. The molecule has 23 heavy (non-hydrogen) atoms. The Bertz CT molecular complexity index is 840. The van der Waals surface area contributed by atoms with Gasteiger partial charge >= 0.3 is 0 Å². The van der Waals surface area contributed by atoms with Gasteiger partial charge in [-0.05, 0) is 32.0 Å². The monoisotopic (exact) mass is 314 g/mol. The van der Waals surface area contributed by atoms with Crippen LogP contribution >= 0.6 is 0 Å². The minimum Gasteiger partial charge on any atom is -0.341 e. The third-order valence-electron chi connectivity index (χ3n) is 3.32. The van der Waals surface area contributed by atoms with Crippen LogP contribution in [0.1, 0.15) is 35.1 Å². The first-order chi connectivity index (χ1) is 11.0. The smallest absolute Gasteiger partial charge is 0.269 e. The highest BCUT2D eigenvalue weighted by Crippen LogP contribution is 2.21. The van der Waals surface area contributed by atoms with E-state index in [9.17, 15) is 9.18 Å². The van der Waals surface area contributed by atoms with E-state index in [1.165, 1.54) is 12.1 Å². The Morgan fingerprint density at radius 2 is 2.04 bits per heavy atom. The first kappa shape index (κ1) is 14.9. The number of aryl methyl sites for hydroxylation is 1. The largest absolute Gasteiger partial charge is 0.341 e. The van der Waals surface area contributed by atoms with Crippen molar-refractivity contribution in [3.63, 3.8) is 0 Å².